The monoisotopic (exact) mass is 478 g/mol. The summed E-state index contributed by atoms with van der Waals surface area (Å²) in [5, 5.41) is 18.6. The lowest BCUT2D eigenvalue weighted by Crippen LogP contribution is -2.38. The SMILES string of the molecule is CCNC(=NCCCNC(=O)c1cccc(O)c1)NCCCOCC.I. The fraction of sp³-hybridized carbons (Fsp3) is 0.556. The Morgan fingerprint density at radius 3 is 2.62 bits per heavy atom. The molecule has 0 bridgehead atoms. The molecule has 4 N–H and O–H groups in total. The molecule has 0 unspecified atom stereocenters. The number of nitrogens with zero attached hydrogens (tertiary/aromatic N) is 1. The number of amides is 1. The van der Waals surface area contributed by atoms with Crippen LogP contribution < -0.4 is 16.0 Å². The average molecular weight is 478 g/mol. The van der Waals surface area contributed by atoms with Crippen LogP contribution in [-0.4, -0.2) is 56.4 Å². The second kappa shape index (κ2) is 15.7. The first-order valence-corrected chi connectivity index (χ1v) is 8.84. The van der Waals surface area contributed by atoms with Crippen molar-refractivity contribution in [2.24, 2.45) is 4.99 Å². The Morgan fingerprint density at radius 1 is 1.15 bits per heavy atom. The van der Waals surface area contributed by atoms with Gasteiger partial charge in [-0.05, 0) is 44.9 Å². The molecular weight excluding hydrogens is 447 g/mol. The van der Waals surface area contributed by atoms with E-state index in [1.807, 2.05) is 13.8 Å². The molecule has 148 valence electrons. The predicted octanol–water partition coefficient (Wildman–Crippen LogP) is 2.11. The van der Waals surface area contributed by atoms with Crippen molar-refractivity contribution in [2.75, 3.05) is 39.4 Å². The van der Waals surface area contributed by atoms with E-state index < -0.39 is 0 Å². The Bertz CT molecular complexity index is 541. The van der Waals surface area contributed by atoms with Crippen molar-refractivity contribution < 1.29 is 14.6 Å². The molecule has 0 spiro atoms. The van der Waals surface area contributed by atoms with Crippen LogP contribution in [0.4, 0.5) is 0 Å². The van der Waals surface area contributed by atoms with Gasteiger partial charge in [0.15, 0.2) is 5.96 Å². The van der Waals surface area contributed by atoms with Crippen LogP contribution in [0.2, 0.25) is 0 Å². The van der Waals surface area contributed by atoms with Gasteiger partial charge < -0.3 is 25.8 Å². The summed E-state index contributed by atoms with van der Waals surface area (Å²) in [6.45, 7) is 8.23. The number of phenols is 1. The number of hydrogen-bond donors (Lipinski definition) is 4. The number of carbonyl (C=O) groups excluding carboxylic acids is 1. The minimum atomic E-state index is -0.194. The summed E-state index contributed by atoms with van der Waals surface area (Å²) >= 11 is 0. The van der Waals surface area contributed by atoms with Gasteiger partial charge in [0.05, 0.1) is 0 Å². The van der Waals surface area contributed by atoms with Crippen molar-refractivity contribution in [3.63, 3.8) is 0 Å². The lowest BCUT2D eigenvalue weighted by molar-refractivity contribution is 0.0953. The number of halogens is 1. The van der Waals surface area contributed by atoms with Crippen molar-refractivity contribution in [1.82, 2.24) is 16.0 Å². The van der Waals surface area contributed by atoms with Gasteiger partial charge in [-0.15, -0.1) is 24.0 Å². The van der Waals surface area contributed by atoms with E-state index in [0.717, 1.165) is 45.1 Å². The average Bonchev–Trinajstić information content (AvgIpc) is 2.61. The van der Waals surface area contributed by atoms with Crippen LogP contribution in [0.5, 0.6) is 5.75 Å². The zero-order valence-corrected chi connectivity index (χ0v) is 17.9. The molecule has 0 heterocycles. The number of aliphatic imine (C=N–C) groups is 1. The van der Waals surface area contributed by atoms with Crippen molar-refractivity contribution in [2.45, 2.75) is 26.7 Å². The van der Waals surface area contributed by atoms with Crippen LogP contribution in [0.1, 0.15) is 37.0 Å². The lowest BCUT2D eigenvalue weighted by Gasteiger charge is -2.11. The second-order valence-electron chi connectivity index (χ2n) is 5.40. The highest BCUT2D eigenvalue weighted by Gasteiger charge is 2.04. The maximum atomic E-state index is 11.9. The number of carbonyl (C=O) groups is 1. The Hall–Kier alpha value is -1.55. The molecule has 0 aliphatic carbocycles. The third-order valence-electron chi connectivity index (χ3n) is 3.30. The van der Waals surface area contributed by atoms with Gasteiger partial charge in [0.1, 0.15) is 5.75 Å². The molecule has 7 nitrogen and oxygen atoms in total. The molecule has 1 aromatic rings. The van der Waals surface area contributed by atoms with Gasteiger partial charge in [-0.3, -0.25) is 9.79 Å². The minimum absolute atomic E-state index is 0. The molecule has 26 heavy (non-hydrogen) atoms. The highest BCUT2D eigenvalue weighted by atomic mass is 127. The Morgan fingerprint density at radius 2 is 1.92 bits per heavy atom. The molecule has 0 aliphatic rings. The first-order valence-electron chi connectivity index (χ1n) is 8.84. The predicted molar refractivity (Wildman–Crippen MR) is 116 cm³/mol. The fourth-order valence-corrected chi connectivity index (χ4v) is 2.09. The fourth-order valence-electron chi connectivity index (χ4n) is 2.09. The molecule has 1 amide bonds. The molecule has 1 aromatic carbocycles. The number of ether oxygens (including phenoxy) is 1. The first-order chi connectivity index (χ1) is 12.2. The Labute approximate surface area is 173 Å². The van der Waals surface area contributed by atoms with Crippen molar-refractivity contribution in [3.8, 4) is 5.75 Å². The summed E-state index contributed by atoms with van der Waals surface area (Å²) < 4.78 is 5.30. The van der Waals surface area contributed by atoms with Crippen molar-refractivity contribution in [1.29, 1.82) is 0 Å². The number of aromatic hydroxyl groups is 1. The van der Waals surface area contributed by atoms with Gasteiger partial charge in [-0.1, -0.05) is 6.07 Å². The molecule has 0 saturated carbocycles. The van der Waals surface area contributed by atoms with Crippen LogP contribution in [0.25, 0.3) is 0 Å². The summed E-state index contributed by atoms with van der Waals surface area (Å²) in [5.41, 5.74) is 0.452. The molecule has 0 aliphatic heterocycles. The van der Waals surface area contributed by atoms with Gasteiger partial charge in [0.2, 0.25) is 0 Å². The maximum Gasteiger partial charge on any atom is 0.251 e. The Kier molecular flexibility index (Phi) is 14.8. The summed E-state index contributed by atoms with van der Waals surface area (Å²) in [4.78, 5) is 16.4. The van der Waals surface area contributed by atoms with E-state index in [-0.39, 0.29) is 35.6 Å². The zero-order valence-electron chi connectivity index (χ0n) is 15.6. The molecule has 0 saturated heterocycles. The first kappa shape index (κ1) is 24.5. The van der Waals surface area contributed by atoms with Crippen molar-refractivity contribution >= 4 is 35.8 Å². The van der Waals surface area contributed by atoms with E-state index in [1.165, 1.54) is 12.1 Å². The van der Waals surface area contributed by atoms with Crippen LogP contribution in [0.3, 0.4) is 0 Å². The lowest BCUT2D eigenvalue weighted by atomic mass is 10.2. The summed E-state index contributed by atoms with van der Waals surface area (Å²) in [7, 11) is 0. The molecule has 0 fully saturated rings. The van der Waals surface area contributed by atoms with Gasteiger partial charge in [-0.25, -0.2) is 0 Å². The number of rotatable bonds is 11. The quantitative estimate of drug-likeness (QED) is 0.169. The largest absolute Gasteiger partial charge is 0.508 e. The van der Waals surface area contributed by atoms with E-state index >= 15 is 0 Å². The third-order valence-corrected chi connectivity index (χ3v) is 3.30. The molecule has 0 aromatic heterocycles. The highest BCUT2D eigenvalue weighted by Crippen LogP contribution is 2.10. The van der Waals surface area contributed by atoms with E-state index in [4.69, 9.17) is 4.74 Å². The minimum Gasteiger partial charge on any atom is -0.508 e. The molecule has 0 atom stereocenters. The number of benzene rings is 1. The number of hydrogen-bond acceptors (Lipinski definition) is 4. The van der Waals surface area contributed by atoms with Gasteiger partial charge in [-0.2, -0.15) is 0 Å². The zero-order chi connectivity index (χ0) is 18.3. The standard InChI is InChI=1S/C18H30N4O3.HI/c1-3-19-18(22-12-7-13-25-4-2)21-11-6-10-20-17(24)15-8-5-9-16(23)14-15;/h5,8-9,14,23H,3-4,6-7,10-13H2,1-2H3,(H,20,24)(H2,19,21,22);1H. The number of guanidine groups is 1. The van der Waals surface area contributed by atoms with Gasteiger partial charge in [0.25, 0.3) is 5.91 Å². The smallest absolute Gasteiger partial charge is 0.251 e. The van der Waals surface area contributed by atoms with Gasteiger partial charge in [0, 0.05) is 45.0 Å². The van der Waals surface area contributed by atoms with E-state index in [9.17, 15) is 9.90 Å². The molecule has 8 heteroatoms. The summed E-state index contributed by atoms with van der Waals surface area (Å²) in [5.74, 6) is 0.669. The van der Waals surface area contributed by atoms with Crippen LogP contribution >= 0.6 is 24.0 Å². The second-order valence-corrected chi connectivity index (χ2v) is 5.40. The normalized spacial score (nSPS) is 10.8. The third kappa shape index (κ3) is 11.1. The molecule has 0 radical (unpaired) electrons. The van der Waals surface area contributed by atoms with Crippen molar-refractivity contribution in [3.05, 3.63) is 29.8 Å². The number of nitrogens with one attached hydrogen (secondary N) is 3. The van der Waals surface area contributed by atoms with Crippen LogP contribution in [-0.2, 0) is 4.74 Å². The maximum absolute atomic E-state index is 11.9. The number of phenolic OH excluding ortho intramolecular Hbond substituents is 1. The van der Waals surface area contributed by atoms with E-state index in [2.05, 4.69) is 20.9 Å². The van der Waals surface area contributed by atoms with Crippen LogP contribution in [0, 0.1) is 0 Å². The Balaban J connectivity index is 0.00000625. The molecular formula is C18H31IN4O3. The highest BCUT2D eigenvalue weighted by molar-refractivity contribution is 14.0. The summed E-state index contributed by atoms with van der Waals surface area (Å²) in [6, 6.07) is 6.30. The van der Waals surface area contributed by atoms with E-state index in [1.54, 1.807) is 12.1 Å². The molecule has 1 rings (SSSR count). The van der Waals surface area contributed by atoms with E-state index in [0.29, 0.717) is 18.7 Å². The van der Waals surface area contributed by atoms with Gasteiger partial charge >= 0.3 is 0 Å². The topological polar surface area (TPSA) is 95.0 Å². The van der Waals surface area contributed by atoms with Crippen LogP contribution in [0.15, 0.2) is 29.3 Å². The summed E-state index contributed by atoms with van der Waals surface area (Å²) in [6.07, 6.45) is 1.66.